The molecule has 0 fully saturated rings. The predicted molar refractivity (Wildman–Crippen MR) is 55.5 cm³/mol. The Kier molecular flexibility index (Phi) is 3.94. The molecular weight excluding hydrogens is 162 g/mol. The molecule has 1 rings (SSSR count). The highest BCUT2D eigenvalue weighted by molar-refractivity contribution is 5.16. The molecular formula is C11H21NO. The summed E-state index contributed by atoms with van der Waals surface area (Å²) in [5, 5.41) is 10.1. The molecule has 0 aromatic rings. The fourth-order valence-electron chi connectivity index (χ4n) is 1.95. The molecule has 3 N–H and O–H groups in total. The van der Waals surface area contributed by atoms with Crippen molar-refractivity contribution in [3.8, 4) is 0 Å². The van der Waals surface area contributed by atoms with Gasteiger partial charge in [0.1, 0.15) is 0 Å². The van der Waals surface area contributed by atoms with E-state index in [0.717, 1.165) is 12.8 Å². The van der Waals surface area contributed by atoms with Gasteiger partial charge in [-0.1, -0.05) is 12.5 Å². The summed E-state index contributed by atoms with van der Waals surface area (Å²) in [4.78, 5) is 0. The number of allylic oxidation sites excluding steroid dienone is 1. The Labute approximate surface area is 80.8 Å². The van der Waals surface area contributed by atoms with Crippen molar-refractivity contribution in [1.82, 2.24) is 0 Å². The van der Waals surface area contributed by atoms with Gasteiger partial charge in [-0.25, -0.2) is 0 Å². The van der Waals surface area contributed by atoms with E-state index in [2.05, 4.69) is 6.08 Å². The first-order chi connectivity index (χ1) is 6.17. The Morgan fingerprint density at radius 2 is 2.23 bits per heavy atom. The molecule has 0 saturated carbocycles. The lowest BCUT2D eigenvalue weighted by molar-refractivity contribution is 0.0876. The molecule has 0 aliphatic heterocycles. The zero-order valence-corrected chi connectivity index (χ0v) is 8.55. The molecule has 1 atom stereocenters. The van der Waals surface area contributed by atoms with Crippen molar-refractivity contribution in [2.75, 3.05) is 6.54 Å². The lowest BCUT2D eigenvalue weighted by Gasteiger charge is -2.26. The standard InChI is InChI=1S/C11H21NO/c1-11(13,8-9-12)10-6-4-2-3-5-7-10/h6,13H,2-5,7-9,12H2,1H3. The Morgan fingerprint density at radius 1 is 1.46 bits per heavy atom. The van der Waals surface area contributed by atoms with Gasteiger partial charge in [0, 0.05) is 0 Å². The molecule has 2 heteroatoms. The molecule has 1 aliphatic rings. The molecule has 2 nitrogen and oxygen atoms in total. The second-order valence-electron chi connectivity index (χ2n) is 4.14. The van der Waals surface area contributed by atoms with E-state index in [0.29, 0.717) is 13.0 Å². The Hall–Kier alpha value is -0.340. The van der Waals surface area contributed by atoms with Crippen LogP contribution in [-0.4, -0.2) is 17.3 Å². The largest absolute Gasteiger partial charge is 0.386 e. The Bertz CT molecular complexity index is 185. The maximum atomic E-state index is 10.1. The molecule has 0 amide bonds. The number of hydrogen-bond acceptors (Lipinski definition) is 2. The van der Waals surface area contributed by atoms with Crippen LogP contribution in [0.1, 0.15) is 45.4 Å². The third kappa shape index (κ3) is 3.12. The Morgan fingerprint density at radius 3 is 2.92 bits per heavy atom. The molecule has 0 heterocycles. The van der Waals surface area contributed by atoms with E-state index in [-0.39, 0.29) is 0 Å². The Balaban J connectivity index is 2.61. The fourth-order valence-corrected chi connectivity index (χ4v) is 1.95. The van der Waals surface area contributed by atoms with Crippen LogP contribution in [0.3, 0.4) is 0 Å². The summed E-state index contributed by atoms with van der Waals surface area (Å²) >= 11 is 0. The summed E-state index contributed by atoms with van der Waals surface area (Å²) in [5.74, 6) is 0. The molecule has 1 aliphatic carbocycles. The van der Waals surface area contributed by atoms with E-state index in [1.807, 2.05) is 6.92 Å². The zero-order chi connectivity index (χ0) is 9.73. The van der Waals surface area contributed by atoms with E-state index < -0.39 is 5.60 Å². The van der Waals surface area contributed by atoms with Crippen LogP contribution in [0, 0.1) is 0 Å². The van der Waals surface area contributed by atoms with Crippen LogP contribution in [0.2, 0.25) is 0 Å². The summed E-state index contributed by atoms with van der Waals surface area (Å²) in [5.41, 5.74) is 6.02. The lowest BCUT2D eigenvalue weighted by atomic mass is 9.89. The first-order valence-electron chi connectivity index (χ1n) is 5.29. The van der Waals surface area contributed by atoms with Gasteiger partial charge in [-0.05, 0) is 51.1 Å². The normalized spacial score (nSPS) is 23.2. The highest BCUT2D eigenvalue weighted by atomic mass is 16.3. The zero-order valence-electron chi connectivity index (χ0n) is 8.55. The highest BCUT2D eigenvalue weighted by Crippen LogP contribution is 2.28. The molecule has 0 aromatic heterocycles. The molecule has 13 heavy (non-hydrogen) atoms. The van der Waals surface area contributed by atoms with E-state index in [1.54, 1.807) is 0 Å². The maximum absolute atomic E-state index is 10.1. The van der Waals surface area contributed by atoms with Crippen molar-refractivity contribution in [2.45, 2.75) is 51.0 Å². The number of nitrogens with two attached hydrogens (primary N) is 1. The summed E-state index contributed by atoms with van der Waals surface area (Å²) in [6.45, 7) is 2.45. The third-order valence-corrected chi connectivity index (χ3v) is 2.86. The minimum absolute atomic E-state index is 0.560. The minimum Gasteiger partial charge on any atom is -0.386 e. The van der Waals surface area contributed by atoms with Crippen LogP contribution < -0.4 is 5.73 Å². The van der Waals surface area contributed by atoms with Crippen molar-refractivity contribution in [3.63, 3.8) is 0 Å². The molecule has 0 bridgehead atoms. The number of hydrogen-bond donors (Lipinski definition) is 2. The predicted octanol–water partition coefficient (Wildman–Crippen LogP) is 1.98. The van der Waals surface area contributed by atoms with Crippen LogP contribution in [0.5, 0.6) is 0 Å². The van der Waals surface area contributed by atoms with Crippen molar-refractivity contribution in [2.24, 2.45) is 5.73 Å². The topological polar surface area (TPSA) is 46.2 Å². The second kappa shape index (κ2) is 4.77. The van der Waals surface area contributed by atoms with Gasteiger partial charge in [-0.3, -0.25) is 0 Å². The first kappa shape index (κ1) is 10.7. The second-order valence-corrected chi connectivity index (χ2v) is 4.14. The SMILES string of the molecule is CC(O)(CCN)C1=CCCCCC1. The van der Waals surface area contributed by atoms with Gasteiger partial charge in [-0.15, -0.1) is 0 Å². The van der Waals surface area contributed by atoms with Crippen LogP contribution in [0.4, 0.5) is 0 Å². The smallest absolute Gasteiger partial charge is 0.0840 e. The van der Waals surface area contributed by atoms with E-state index in [4.69, 9.17) is 5.73 Å². The summed E-state index contributed by atoms with van der Waals surface area (Å²) in [7, 11) is 0. The molecule has 1 unspecified atom stereocenters. The summed E-state index contributed by atoms with van der Waals surface area (Å²) in [6, 6.07) is 0. The maximum Gasteiger partial charge on any atom is 0.0840 e. The summed E-state index contributed by atoms with van der Waals surface area (Å²) < 4.78 is 0. The van der Waals surface area contributed by atoms with Gasteiger partial charge in [-0.2, -0.15) is 0 Å². The fraction of sp³-hybridized carbons (Fsp3) is 0.818. The quantitative estimate of drug-likeness (QED) is 0.657. The van der Waals surface area contributed by atoms with E-state index >= 15 is 0 Å². The van der Waals surface area contributed by atoms with Crippen molar-refractivity contribution < 1.29 is 5.11 Å². The molecule has 0 saturated heterocycles. The van der Waals surface area contributed by atoms with Gasteiger partial charge < -0.3 is 10.8 Å². The monoisotopic (exact) mass is 183 g/mol. The van der Waals surface area contributed by atoms with Gasteiger partial charge in [0.05, 0.1) is 5.60 Å². The third-order valence-electron chi connectivity index (χ3n) is 2.86. The molecule has 0 radical (unpaired) electrons. The van der Waals surface area contributed by atoms with Gasteiger partial charge in [0.15, 0.2) is 0 Å². The van der Waals surface area contributed by atoms with Crippen LogP contribution in [0.15, 0.2) is 11.6 Å². The molecule has 0 spiro atoms. The molecule has 0 aromatic carbocycles. The molecule has 76 valence electrons. The lowest BCUT2D eigenvalue weighted by Crippen LogP contribution is -2.30. The summed E-state index contributed by atoms with van der Waals surface area (Å²) in [6.07, 6.45) is 8.83. The highest BCUT2D eigenvalue weighted by Gasteiger charge is 2.24. The number of rotatable bonds is 3. The van der Waals surface area contributed by atoms with E-state index in [1.165, 1.54) is 24.8 Å². The van der Waals surface area contributed by atoms with E-state index in [9.17, 15) is 5.11 Å². The average molecular weight is 183 g/mol. The van der Waals surface area contributed by atoms with Crippen molar-refractivity contribution in [3.05, 3.63) is 11.6 Å². The van der Waals surface area contributed by atoms with Crippen molar-refractivity contribution in [1.29, 1.82) is 0 Å². The van der Waals surface area contributed by atoms with Gasteiger partial charge in [0.2, 0.25) is 0 Å². The average Bonchev–Trinajstić information content (AvgIpc) is 2.31. The van der Waals surface area contributed by atoms with Gasteiger partial charge >= 0.3 is 0 Å². The minimum atomic E-state index is -0.654. The van der Waals surface area contributed by atoms with Gasteiger partial charge in [0.25, 0.3) is 0 Å². The van der Waals surface area contributed by atoms with Crippen LogP contribution in [0.25, 0.3) is 0 Å². The van der Waals surface area contributed by atoms with Crippen LogP contribution in [-0.2, 0) is 0 Å². The first-order valence-corrected chi connectivity index (χ1v) is 5.29. The number of aliphatic hydroxyl groups is 1. The van der Waals surface area contributed by atoms with Crippen LogP contribution >= 0.6 is 0 Å². The van der Waals surface area contributed by atoms with Crippen molar-refractivity contribution >= 4 is 0 Å².